The van der Waals surface area contributed by atoms with Crippen LogP contribution in [0.15, 0.2) is 69.2 Å². The highest BCUT2D eigenvalue weighted by Gasteiger charge is 2.30. The molecule has 3 aliphatic rings. The standard InChI is InChI=1S/C34H40Cl2F2N4O6S/c1-39(2)33(44)24-5-4-6-25(15-24)49-42-13-11-40(12-14-42)20-32(43)47-30(17-26-27(35)18-41(45-3)19-28(26)36)23-9-10-29(48-34(37)38)31(16-23)46-21-22-7-8-22/h4-6,9-10,15-16,18,22,30,34H,7-8,11-14,17,19-21H2,1-3H3/p+1. The van der Waals surface area contributed by atoms with E-state index in [9.17, 15) is 18.4 Å². The first-order chi connectivity index (χ1) is 23.5. The number of amides is 1. The third-order valence-corrected chi connectivity index (χ3v) is 10.1. The number of hydrogen-bond acceptors (Lipinski definition) is 9. The van der Waals surface area contributed by atoms with E-state index < -0.39 is 18.7 Å². The highest BCUT2D eigenvalue weighted by molar-refractivity contribution is 7.97. The molecule has 1 N–H and O–H groups in total. The zero-order valence-corrected chi connectivity index (χ0v) is 30.0. The van der Waals surface area contributed by atoms with Crippen molar-refractivity contribution in [3.8, 4) is 11.5 Å². The summed E-state index contributed by atoms with van der Waals surface area (Å²) < 4.78 is 45.3. The number of hydrogen-bond donors (Lipinski definition) is 1. The van der Waals surface area contributed by atoms with Crippen LogP contribution in [-0.2, 0) is 14.4 Å². The maximum absolute atomic E-state index is 13.5. The van der Waals surface area contributed by atoms with Crippen molar-refractivity contribution in [1.82, 2.24) is 14.1 Å². The van der Waals surface area contributed by atoms with E-state index in [0.29, 0.717) is 77.1 Å². The van der Waals surface area contributed by atoms with Gasteiger partial charge < -0.3 is 19.1 Å². The molecule has 266 valence electrons. The van der Waals surface area contributed by atoms with Gasteiger partial charge in [0.05, 0.1) is 25.3 Å². The predicted molar refractivity (Wildman–Crippen MR) is 183 cm³/mol. The van der Waals surface area contributed by atoms with Crippen molar-refractivity contribution in [1.29, 1.82) is 0 Å². The molecule has 0 aromatic heterocycles. The predicted octanol–water partition coefficient (Wildman–Crippen LogP) is 5.11. The van der Waals surface area contributed by atoms with E-state index in [1.165, 1.54) is 13.2 Å². The fraction of sp³-hybridized carbons (Fsp3) is 0.471. The van der Waals surface area contributed by atoms with Crippen LogP contribution in [0.4, 0.5) is 8.78 Å². The number of carbonyl (C=O) groups is 2. The monoisotopic (exact) mass is 741 g/mol. The van der Waals surface area contributed by atoms with Crippen molar-refractivity contribution < 1.29 is 42.5 Å². The van der Waals surface area contributed by atoms with E-state index in [4.69, 9.17) is 42.3 Å². The Kier molecular flexibility index (Phi) is 13.2. The number of allylic oxidation sites excluding steroid dienone is 1. The Hall–Kier alpha value is -2.91. The molecule has 1 saturated heterocycles. The second-order valence-electron chi connectivity index (χ2n) is 12.3. The van der Waals surface area contributed by atoms with Crippen LogP contribution in [0.25, 0.3) is 0 Å². The van der Waals surface area contributed by atoms with Crippen LogP contribution in [-0.4, -0.2) is 99.7 Å². The van der Waals surface area contributed by atoms with E-state index in [1.807, 2.05) is 23.1 Å². The van der Waals surface area contributed by atoms with Gasteiger partial charge in [0.2, 0.25) is 0 Å². The highest BCUT2D eigenvalue weighted by Crippen LogP contribution is 2.39. The van der Waals surface area contributed by atoms with Crippen molar-refractivity contribution in [3.05, 3.63) is 75.4 Å². The molecular formula is C34H41Cl2F2N4O6S+. The molecule has 1 amide bonds. The van der Waals surface area contributed by atoms with Crippen molar-refractivity contribution in [2.75, 3.05) is 67.1 Å². The van der Waals surface area contributed by atoms with Crippen LogP contribution in [0.1, 0.15) is 41.3 Å². The number of alkyl halides is 2. The average Bonchev–Trinajstić information content (AvgIpc) is 3.90. The Morgan fingerprint density at radius 3 is 2.47 bits per heavy atom. The van der Waals surface area contributed by atoms with Gasteiger partial charge in [-0.1, -0.05) is 35.3 Å². The molecule has 2 aromatic rings. The smallest absolute Gasteiger partial charge is 0.387 e. The number of nitrogens with zero attached hydrogens (tertiary/aromatic N) is 3. The van der Waals surface area contributed by atoms with Gasteiger partial charge in [0.15, 0.2) is 11.5 Å². The number of ether oxygens (including phenoxy) is 3. The molecule has 0 bridgehead atoms. The normalized spacial score (nSPS) is 19.4. The molecule has 10 nitrogen and oxygen atoms in total. The summed E-state index contributed by atoms with van der Waals surface area (Å²) in [4.78, 5) is 35.7. The second kappa shape index (κ2) is 17.3. The minimum atomic E-state index is -3.03. The fourth-order valence-electron chi connectivity index (χ4n) is 5.39. The molecule has 2 aromatic carbocycles. The summed E-state index contributed by atoms with van der Waals surface area (Å²) in [5.74, 6) is -0.0813. The molecule has 2 unspecified atom stereocenters. The van der Waals surface area contributed by atoms with Crippen molar-refractivity contribution in [2.24, 2.45) is 5.92 Å². The maximum atomic E-state index is 13.5. The Labute approximate surface area is 299 Å². The first kappa shape index (κ1) is 37.3. The molecule has 49 heavy (non-hydrogen) atoms. The lowest BCUT2D eigenvalue weighted by Crippen LogP contribution is -3.06. The van der Waals surface area contributed by atoms with Gasteiger partial charge in [-0.2, -0.15) is 13.8 Å². The number of rotatable bonds is 15. The first-order valence-electron chi connectivity index (χ1n) is 16.0. The molecule has 1 aliphatic carbocycles. The molecule has 2 atom stereocenters. The summed E-state index contributed by atoms with van der Waals surface area (Å²) in [5.41, 5.74) is 1.75. The summed E-state index contributed by atoms with van der Waals surface area (Å²) in [6.07, 6.45) is 3.01. The Morgan fingerprint density at radius 1 is 1.06 bits per heavy atom. The summed E-state index contributed by atoms with van der Waals surface area (Å²) >= 11 is 14.8. The molecule has 15 heteroatoms. The highest BCUT2D eigenvalue weighted by atomic mass is 35.5. The lowest BCUT2D eigenvalue weighted by atomic mass is 9.99. The van der Waals surface area contributed by atoms with Gasteiger partial charge in [-0.05, 0) is 66.6 Å². The number of halogens is 4. The molecule has 2 heterocycles. The quantitative estimate of drug-likeness (QED) is 0.198. The average molecular weight is 743 g/mol. The Bertz CT molecular complexity index is 1550. The summed E-state index contributed by atoms with van der Waals surface area (Å²) in [6, 6.07) is 12.1. The molecule has 1 saturated carbocycles. The number of benzene rings is 2. The molecule has 0 radical (unpaired) electrons. The zero-order valence-electron chi connectivity index (χ0n) is 27.6. The van der Waals surface area contributed by atoms with Crippen molar-refractivity contribution in [3.63, 3.8) is 0 Å². The zero-order chi connectivity index (χ0) is 35.1. The van der Waals surface area contributed by atoms with Crippen molar-refractivity contribution in [2.45, 2.75) is 36.9 Å². The van der Waals surface area contributed by atoms with Gasteiger partial charge in [-0.15, -0.1) is 0 Å². The number of piperazine rings is 1. The molecule has 5 rings (SSSR count). The summed E-state index contributed by atoms with van der Waals surface area (Å²) in [6.45, 7) is 0.381. The van der Waals surface area contributed by atoms with Crippen LogP contribution in [0.3, 0.4) is 0 Å². The maximum Gasteiger partial charge on any atom is 0.387 e. The first-order valence-corrected chi connectivity index (χ1v) is 17.5. The summed E-state index contributed by atoms with van der Waals surface area (Å²) in [5, 5.41) is 1.42. The second-order valence-corrected chi connectivity index (χ2v) is 14.3. The van der Waals surface area contributed by atoms with Gasteiger partial charge in [-0.25, -0.2) is 9.14 Å². The molecule has 0 spiro atoms. The van der Waals surface area contributed by atoms with Gasteiger partial charge in [0, 0.05) is 62.7 Å². The molecule has 2 aliphatic heterocycles. The minimum Gasteiger partial charge on any atom is -0.489 e. The van der Waals surface area contributed by atoms with E-state index >= 15 is 0 Å². The molecule has 2 fully saturated rings. The van der Waals surface area contributed by atoms with Crippen LogP contribution >= 0.6 is 35.1 Å². The number of hydroxylamine groups is 2. The van der Waals surface area contributed by atoms with Crippen LogP contribution in [0.5, 0.6) is 11.5 Å². The topological polar surface area (TPSA) is 85.2 Å². The fourth-order valence-corrected chi connectivity index (χ4v) is 7.03. The largest absolute Gasteiger partial charge is 0.489 e. The van der Waals surface area contributed by atoms with E-state index in [-0.39, 0.29) is 30.4 Å². The number of carbonyl (C=O) groups excluding carboxylic acids is 2. The number of nitrogens with one attached hydrogen (secondary N) is 1. The number of quaternary nitrogens is 1. The van der Waals surface area contributed by atoms with Gasteiger partial charge >= 0.3 is 12.6 Å². The minimum absolute atomic E-state index is 0.0530. The van der Waals surface area contributed by atoms with E-state index in [1.54, 1.807) is 55.3 Å². The lowest BCUT2D eigenvalue weighted by molar-refractivity contribution is -1.04. The Morgan fingerprint density at radius 2 is 1.82 bits per heavy atom. The third kappa shape index (κ3) is 10.8. The lowest BCUT2D eigenvalue weighted by Gasteiger charge is -2.33. The van der Waals surface area contributed by atoms with Gasteiger partial charge in [-0.3, -0.25) is 14.5 Å². The Balaban J connectivity index is 1.26. The van der Waals surface area contributed by atoms with E-state index in [2.05, 4.69) is 4.31 Å². The SMILES string of the molecule is CO[NH+]1C=C(Cl)C(CC(OC(=O)CN2CCN(Sc3cccc(C(=O)N(C)C)c3)CC2)c2ccc(OC(F)F)c(OCC3CC3)c2)=C(Cl)C1. The van der Waals surface area contributed by atoms with Crippen LogP contribution < -0.4 is 14.5 Å². The number of esters is 1. The third-order valence-electron chi connectivity index (χ3n) is 8.29. The van der Waals surface area contributed by atoms with Gasteiger partial charge in [0.1, 0.15) is 23.9 Å². The van der Waals surface area contributed by atoms with Crippen molar-refractivity contribution >= 4 is 47.0 Å². The molecular weight excluding hydrogens is 701 g/mol. The van der Waals surface area contributed by atoms with E-state index in [0.717, 1.165) is 17.7 Å². The van der Waals surface area contributed by atoms with Crippen LogP contribution in [0, 0.1) is 5.92 Å². The summed E-state index contributed by atoms with van der Waals surface area (Å²) in [7, 11) is 4.98. The van der Waals surface area contributed by atoms with Gasteiger partial charge in [0.25, 0.3) is 5.91 Å². The van der Waals surface area contributed by atoms with Crippen LogP contribution in [0.2, 0.25) is 0 Å².